The van der Waals surface area contributed by atoms with Gasteiger partial charge < -0.3 is 9.64 Å². The highest BCUT2D eigenvalue weighted by molar-refractivity contribution is 6.29. The summed E-state index contributed by atoms with van der Waals surface area (Å²) in [5, 5.41) is -0.154. The second-order valence-corrected chi connectivity index (χ2v) is 8.46. The number of benzene rings is 1. The van der Waals surface area contributed by atoms with E-state index >= 15 is 0 Å². The van der Waals surface area contributed by atoms with Crippen molar-refractivity contribution in [2.45, 2.75) is 24.8 Å². The number of anilines is 1. The highest BCUT2D eigenvalue weighted by atomic mass is 35.5. The molecule has 2 fully saturated rings. The third-order valence-corrected chi connectivity index (χ3v) is 6.29. The van der Waals surface area contributed by atoms with Crippen LogP contribution in [0.3, 0.4) is 0 Å². The van der Waals surface area contributed by atoms with Gasteiger partial charge in [0.05, 0.1) is 12.6 Å². The minimum atomic E-state index is -4.53. The molecule has 4 rings (SSSR count). The molecule has 0 spiro atoms. The SMILES string of the molecule is COCC1C(N2CCN(Cc3ccccc3)CC2)CN1c1cc(Cl)nc(C(F)(F)F)c1. The van der Waals surface area contributed by atoms with Crippen molar-refractivity contribution in [1.29, 1.82) is 0 Å². The number of ether oxygens (including phenoxy) is 1. The third kappa shape index (κ3) is 5.14. The standard InChI is InChI=1S/C22H26ClF3N4O/c1-31-15-19-18(14-30(19)17-11-20(22(24,25)26)27-21(23)12-17)29-9-7-28(8-10-29)13-16-5-3-2-4-6-16/h2-6,11-12,18-19H,7-10,13-15H2,1H3. The molecule has 2 aromatic rings. The Morgan fingerprint density at radius 2 is 1.81 bits per heavy atom. The monoisotopic (exact) mass is 454 g/mol. The van der Waals surface area contributed by atoms with Crippen molar-refractivity contribution in [3.8, 4) is 0 Å². The summed E-state index contributed by atoms with van der Waals surface area (Å²) in [6, 6.07) is 13.2. The van der Waals surface area contributed by atoms with Crippen LogP contribution in [0.15, 0.2) is 42.5 Å². The van der Waals surface area contributed by atoms with Crippen LogP contribution in [0.2, 0.25) is 5.15 Å². The van der Waals surface area contributed by atoms with Crippen molar-refractivity contribution >= 4 is 17.3 Å². The van der Waals surface area contributed by atoms with E-state index in [2.05, 4.69) is 39.0 Å². The van der Waals surface area contributed by atoms with Crippen molar-refractivity contribution in [2.24, 2.45) is 0 Å². The molecule has 0 amide bonds. The number of aromatic nitrogens is 1. The Hall–Kier alpha value is -1.87. The minimum Gasteiger partial charge on any atom is -0.382 e. The van der Waals surface area contributed by atoms with Gasteiger partial charge >= 0.3 is 6.18 Å². The molecule has 168 valence electrons. The van der Waals surface area contributed by atoms with Crippen molar-refractivity contribution in [2.75, 3.05) is 51.3 Å². The summed E-state index contributed by atoms with van der Waals surface area (Å²) in [7, 11) is 1.62. The van der Waals surface area contributed by atoms with Crippen LogP contribution < -0.4 is 4.90 Å². The van der Waals surface area contributed by atoms with Crippen LogP contribution in [0.4, 0.5) is 18.9 Å². The van der Waals surface area contributed by atoms with E-state index in [0.29, 0.717) is 18.8 Å². The van der Waals surface area contributed by atoms with Gasteiger partial charge in [0.15, 0.2) is 0 Å². The lowest BCUT2D eigenvalue weighted by molar-refractivity contribution is -0.141. The molecule has 31 heavy (non-hydrogen) atoms. The molecule has 2 aliphatic heterocycles. The lowest BCUT2D eigenvalue weighted by Gasteiger charge is -2.55. The molecule has 2 aliphatic rings. The summed E-state index contributed by atoms with van der Waals surface area (Å²) in [5.74, 6) is 0. The van der Waals surface area contributed by atoms with Crippen LogP contribution in [-0.2, 0) is 17.5 Å². The molecule has 3 heterocycles. The molecule has 0 aliphatic carbocycles. The van der Waals surface area contributed by atoms with Crippen LogP contribution in [0, 0.1) is 0 Å². The van der Waals surface area contributed by atoms with Crippen LogP contribution in [0.1, 0.15) is 11.3 Å². The number of methoxy groups -OCH3 is 1. The molecule has 0 radical (unpaired) electrons. The first-order valence-corrected chi connectivity index (χ1v) is 10.7. The molecule has 2 atom stereocenters. The fraction of sp³-hybridized carbons (Fsp3) is 0.500. The van der Waals surface area contributed by atoms with Gasteiger partial charge in [0.25, 0.3) is 0 Å². The van der Waals surface area contributed by atoms with Crippen molar-refractivity contribution in [3.63, 3.8) is 0 Å². The van der Waals surface area contributed by atoms with Gasteiger partial charge in [0, 0.05) is 58.1 Å². The highest BCUT2D eigenvalue weighted by Gasteiger charge is 2.44. The van der Waals surface area contributed by atoms with Gasteiger partial charge in [0.2, 0.25) is 0 Å². The van der Waals surface area contributed by atoms with E-state index in [1.165, 1.54) is 11.6 Å². The smallest absolute Gasteiger partial charge is 0.382 e. The maximum Gasteiger partial charge on any atom is 0.433 e. The number of piperazine rings is 1. The van der Waals surface area contributed by atoms with E-state index in [4.69, 9.17) is 16.3 Å². The second kappa shape index (κ2) is 9.32. The Labute approximate surface area is 185 Å². The molecule has 1 aromatic carbocycles. The summed E-state index contributed by atoms with van der Waals surface area (Å²) >= 11 is 5.89. The average molecular weight is 455 g/mol. The van der Waals surface area contributed by atoms with E-state index in [9.17, 15) is 13.2 Å². The number of halogens is 4. The third-order valence-electron chi connectivity index (χ3n) is 6.09. The van der Waals surface area contributed by atoms with Crippen LogP contribution in [0.5, 0.6) is 0 Å². The van der Waals surface area contributed by atoms with Gasteiger partial charge in [-0.2, -0.15) is 13.2 Å². The zero-order chi connectivity index (χ0) is 22.0. The van der Waals surface area contributed by atoms with Gasteiger partial charge in [-0.1, -0.05) is 41.9 Å². The minimum absolute atomic E-state index is 0.0229. The molecule has 2 saturated heterocycles. The van der Waals surface area contributed by atoms with E-state index in [1.807, 2.05) is 11.0 Å². The van der Waals surface area contributed by atoms with Crippen molar-refractivity contribution < 1.29 is 17.9 Å². The summed E-state index contributed by atoms with van der Waals surface area (Å²) < 4.78 is 44.9. The number of pyridine rings is 1. The van der Waals surface area contributed by atoms with Gasteiger partial charge in [-0.25, -0.2) is 4.98 Å². The first-order valence-electron chi connectivity index (χ1n) is 10.4. The first-order chi connectivity index (χ1) is 14.8. The molecular formula is C22H26ClF3N4O. The van der Waals surface area contributed by atoms with Crippen molar-refractivity contribution in [3.05, 3.63) is 58.9 Å². The van der Waals surface area contributed by atoms with Gasteiger partial charge in [0.1, 0.15) is 10.8 Å². The maximum absolute atomic E-state index is 13.2. The fourth-order valence-corrected chi connectivity index (χ4v) is 4.65. The van der Waals surface area contributed by atoms with Crippen LogP contribution in [0.25, 0.3) is 0 Å². The molecule has 0 saturated carbocycles. The summed E-state index contributed by atoms with van der Waals surface area (Å²) in [6.45, 7) is 5.80. The highest BCUT2D eigenvalue weighted by Crippen LogP contribution is 2.36. The number of nitrogens with zero attached hydrogens (tertiary/aromatic N) is 4. The number of alkyl halides is 3. The van der Waals surface area contributed by atoms with E-state index in [1.54, 1.807) is 7.11 Å². The zero-order valence-electron chi connectivity index (χ0n) is 17.4. The van der Waals surface area contributed by atoms with E-state index in [0.717, 1.165) is 38.8 Å². The lowest BCUT2D eigenvalue weighted by Crippen LogP contribution is -2.70. The Kier molecular flexibility index (Phi) is 6.71. The summed E-state index contributed by atoms with van der Waals surface area (Å²) in [4.78, 5) is 10.2. The predicted octanol–water partition coefficient (Wildman–Crippen LogP) is 3.78. The molecule has 2 unspecified atom stereocenters. The quantitative estimate of drug-likeness (QED) is 0.620. The predicted molar refractivity (Wildman–Crippen MR) is 114 cm³/mol. The molecule has 9 heteroatoms. The Balaban J connectivity index is 1.40. The molecular weight excluding hydrogens is 429 g/mol. The van der Waals surface area contributed by atoms with Crippen LogP contribution in [-0.4, -0.2) is 73.3 Å². The lowest BCUT2D eigenvalue weighted by atomic mass is 9.93. The van der Waals surface area contributed by atoms with Gasteiger partial charge in [-0.15, -0.1) is 0 Å². The van der Waals surface area contributed by atoms with Gasteiger partial charge in [-0.05, 0) is 17.7 Å². The number of hydrogen-bond donors (Lipinski definition) is 0. The van der Waals surface area contributed by atoms with Crippen LogP contribution >= 0.6 is 11.6 Å². The Bertz CT molecular complexity index is 875. The summed E-state index contributed by atoms with van der Waals surface area (Å²) in [6.07, 6.45) is -4.53. The van der Waals surface area contributed by atoms with Gasteiger partial charge in [-0.3, -0.25) is 9.80 Å². The topological polar surface area (TPSA) is 31.8 Å². The molecule has 5 nitrogen and oxygen atoms in total. The fourth-order valence-electron chi connectivity index (χ4n) is 4.44. The number of rotatable bonds is 6. The Morgan fingerprint density at radius 1 is 1.10 bits per heavy atom. The maximum atomic E-state index is 13.2. The van der Waals surface area contributed by atoms with Crippen molar-refractivity contribution in [1.82, 2.24) is 14.8 Å². The number of hydrogen-bond acceptors (Lipinski definition) is 5. The van der Waals surface area contributed by atoms with E-state index < -0.39 is 11.9 Å². The van der Waals surface area contributed by atoms with E-state index in [-0.39, 0.29) is 17.2 Å². The molecule has 0 N–H and O–H groups in total. The Morgan fingerprint density at radius 3 is 2.45 bits per heavy atom. The largest absolute Gasteiger partial charge is 0.433 e. The molecule has 0 bridgehead atoms. The zero-order valence-corrected chi connectivity index (χ0v) is 18.1. The molecule has 1 aromatic heterocycles. The summed E-state index contributed by atoms with van der Waals surface area (Å²) in [5.41, 5.74) is 0.774. The normalized spacial score (nSPS) is 23.1. The average Bonchev–Trinajstić information content (AvgIpc) is 2.72. The second-order valence-electron chi connectivity index (χ2n) is 8.07. The first kappa shape index (κ1) is 22.3.